The molecule has 1 aliphatic carbocycles. The lowest BCUT2D eigenvalue weighted by Crippen LogP contribution is -2.44. The summed E-state index contributed by atoms with van der Waals surface area (Å²) in [6, 6.07) is 0. The van der Waals surface area contributed by atoms with Gasteiger partial charge in [-0.2, -0.15) is 0 Å². The highest BCUT2D eigenvalue weighted by molar-refractivity contribution is 4.95. The lowest BCUT2D eigenvalue weighted by molar-refractivity contribution is -0.264. The van der Waals surface area contributed by atoms with Crippen LogP contribution >= 0.6 is 0 Å². The average Bonchev–Trinajstić information content (AvgIpc) is 2.40. The Kier molecular flexibility index (Phi) is 5.25. The van der Waals surface area contributed by atoms with Crippen molar-refractivity contribution < 1.29 is 9.47 Å². The zero-order chi connectivity index (χ0) is 13.0. The molecule has 1 fully saturated rings. The molecular weight excluding hydrogens is 224 g/mol. The second-order valence-corrected chi connectivity index (χ2v) is 5.92. The van der Waals surface area contributed by atoms with Gasteiger partial charge in [0.05, 0.1) is 12.7 Å². The van der Waals surface area contributed by atoms with E-state index in [0.717, 1.165) is 19.4 Å². The molecule has 2 rings (SSSR count). The Morgan fingerprint density at radius 1 is 1.17 bits per heavy atom. The summed E-state index contributed by atoms with van der Waals surface area (Å²) in [5, 5.41) is 0. The van der Waals surface area contributed by atoms with Crippen LogP contribution in [0.2, 0.25) is 0 Å². The molecule has 0 N–H and O–H groups in total. The minimum Gasteiger partial charge on any atom is -0.352 e. The van der Waals surface area contributed by atoms with Crippen LogP contribution in [0.25, 0.3) is 0 Å². The van der Waals surface area contributed by atoms with Gasteiger partial charge in [-0.1, -0.05) is 39.3 Å². The van der Waals surface area contributed by atoms with Crippen molar-refractivity contribution in [1.82, 2.24) is 0 Å². The molecule has 0 aromatic carbocycles. The number of ether oxygens (including phenoxy) is 2. The van der Waals surface area contributed by atoms with Crippen LogP contribution in [0.3, 0.4) is 0 Å². The molecule has 0 radical (unpaired) electrons. The fraction of sp³-hybridized carbons (Fsp3) is 0.875. The second-order valence-electron chi connectivity index (χ2n) is 5.92. The van der Waals surface area contributed by atoms with Gasteiger partial charge in [-0.3, -0.25) is 0 Å². The number of hydrogen-bond donors (Lipinski definition) is 0. The van der Waals surface area contributed by atoms with Crippen LogP contribution in [0, 0.1) is 17.8 Å². The van der Waals surface area contributed by atoms with Crippen molar-refractivity contribution in [3.63, 3.8) is 0 Å². The molecule has 18 heavy (non-hydrogen) atoms. The standard InChI is InChI=1S/C16H28O2/c1-4-8-15-13(5-2)11-17-16(18-15)14-10-7-6-9-12(14)3/h6-7,12-16H,4-5,8-11H2,1-3H3. The van der Waals surface area contributed by atoms with Gasteiger partial charge in [-0.15, -0.1) is 0 Å². The predicted octanol–water partition coefficient (Wildman–Crippen LogP) is 4.16. The molecule has 0 spiro atoms. The highest BCUT2D eigenvalue weighted by Crippen LogP contribution is 2.35. The van der Waals surface area contributed by atoms with E-state index in [2.05, 4.69) is 32.9 Å². The van der Waals surface area contributed by atoms with Gasteiger partial charge in [-0.05, 0) is 31.6 Å². The van der Waals surface area contributed by atoms with E-state index >= 15 is 0 Å². The van der Waals surface area contributed by atoms with E-state index in [9.17, 15) is 0 Å². The Labute approximate surface area is 112 Å². The van der Waals surface area contributed by atoms with E-state index in [1.54, 1.807) is 0 Å². The quantitative estimate of drug-likeness (QED) is 0.700. The van der Waals surface area contributed by atoms with Crippen molar-refractivity contribution in [3.05, 3.63) is 12.2 Å². The van der Waals surface area contributed by atoms with Gasteiger partial charge in [0.2, 0.25) is 0 Å². The van der Waals surface area contributed by atoms with E-state index in [0.29, 0.717) is 23.9 Å². The maximum Gasteiger partial charge on any atom is 0.161 e. The molecule has 0 bridgehead atoms. The van der Waals surface area contributed by atoms with E-state index in [1.165, 1.54) is 19.3 Å². The first-order valence-corrected chi connectivity index (χ1v) is 7.68. The number of allylic oxidation sites excluding steroid dienone is 2. The summed E-state index contributed by atoms with van der Waals surface area (Å²) in [6.45, 7) is 7.69. The third-order valence-corrected chi connectivity index (χ3v) is 4.57. The Morgan fingerprint density at radius 3 is 2.61 bits per heavy atom. The Bertz CT molecular complexity index is 274. The number of rotatable bonds is 4. The molecule has 0 aromatic rings. The molecule has 5 unspecified atom stereocenters. The van der Waals surface area contributed by atoms with Crippen LogP contribution in [0.15, 0.2) is 12.2 Å². The molecule has 0 saturated carbocycles. The summed E-state index contributed by atoms with van der Waals surface area (Å²) in [5.74, 6) is 1.82. The van der Waals surface area contributed by atoms with Crippen LogP contribution < -0.4 is 0 Å². The monoisotopic (exact) mass is 252 g/mol. The van der Waals surface area contributed by atoms with Crippen molar-refractivity contribution >= 4 is 0 Å². The SMILES string of the molecule is CCCC1OC(C2CC=CCC2C)OCC1CC. The first kappa shape index (κ1) is 14.1. The third kappa shape index (κ3) is 3.16. The topological polar surface area (TPSA) is 18.5 Å². The Hall–Kier alpha value is -0.340. The third-order valence-electron chi connectivity index (χ3n) is 4.57. The predicted molar refractivity (Wildman–Crippen MR) is 74.3 cm³/mol. The minimum absolute atomic E-state index is 0.0318. The summed E-state index contributed by atoms with van der Waals surface area (Å²) in [5.41, 5.74) is 0. The van der Waals surface area contributed by atoms with Crippen molar-refractivity contribution in [2.24, 2.45) is 17.8 Å². The summed E-state index contributed by atoms with van der Waals surface area (Å²) >= 11 is 0. The van der Waals surface area contributed by atoms with Crippen molar-refractivity contribution in [1.29, 1.82) is 0 Å². The van der Waals surface area contributed by atoms with E-state index in [1.807, 2.05) is 0 Å². The van der Waals surface area contributed by atoms with Gasteiger partial charge in [0.1, 0.15) is 0 Å². The summed E-state index contributed by atoms with van der Waals surface area (Å²) in [7, 11) is 0. The molecule has 1 heterocycles. The molecule has 0 aromatic heterocycles. The molecule has 2 aliphatic rings. The lowest BCUT2D eigenvalue weighted by Gasteiger charge is -2.41. The van der Waals surface area contributed by atoms with E-state index < -0.39 is 0 Å². The Morgan fingerprint density at radius 2 is 1.94 bits per heavy atom. The number of hydrogen-bond acceptors (Lipinski definition) is 2. The minimum atomic E-state index is 0.0318. The van der Waals surface area contributed by atoms with Gasteiger partial charge in [0.25, 0.3) is 0 Å². The molecule has 0 amide bonds. The van der Waals surface area contributed by atoms with Gasteiger partial charge in [0.15, 0.2) is 6.29 Å². The summed E-state index contributed by atoms with van der Waals surface area (Å²) < 4.78 is 12.3. The van der Waals surface area contributed by atoms with Gasteiger partial charge < -0.3 is 9.47 Å². The van der Waals surface area contributed by atoms with Crippen molar-refractivity contribution in [2.75, 3.05) is 6.61 Å². The van der Waals surface area contributed by atoms with E-state index in [-0.39, 0.29) is 6.29 Å². The Balaban J connectivity index is 1.96. The normalized spacial score (nSPS) is 40.9. The van der Waals surface area contributed by atoms with Crippen LogP contribution in [0.4, 0.5) is 0 Å². The fourth-order valence-corrected chi connectivity index (χ4v) is 3.19. The largest absolute Gasteiger partial charge is 0.352 e. The summed E-state index contributed by atoms with van der Waals surface area (Å²) in [4.78, 5) is 0. The zero-order valence-electron chi connectivity index (χ0n) is 12.1. The molecule has 104 valence electrons. The van der Waals surface area contributed by atoms with E-state index in [4.69, 9.17) is 9.47 Å². The lowest BCUT2D eigenvalue weighted by atomic mass is 9.83. The van der Waals surface area contributed by atoms with Crippen LogP contribution in [0.5, 0.6) is 0 Å². The van der Waals surface area contributed by atoms with Gasteiger partial charge in [0, 0.05) is 11.8 Å². The maximum atomic E-state index is 6.28. The first-order valence-electron chi connectivity index (χ1n) is 7.68. The smallest absolute Gasteiger partial charge is 0.161 e. The average molecular weight is 252 g/mol. The van der Waals surface area contributed by atoms with Crippen molar-refractivity contribution in [3.8, 4) is 0 Å². The molecule has 2 heteroatoms. The van der Waals surface area contributed by atoms with Crippen molar-refractivity contribution in [2.45, 2.75) is 65.3 Å². The molecular formula is C16H28O2. The van der Waals surface area contributed by atoms with Gasteiger partial charge in [-0.25, -0.2) is 0 Å². The highest BCUT2D eigenvalue weighted by atomic mass is 16.7. The highest BCUT2D eigenvalue weighted by Gasteiger charge is 2.36. The van der Waals surface area contributed by atoms with Gasteiger partial charge >= 0.3 is 0 Å². The zero-order valence-corrected chi connectivity index (χ0v) is 12.1. The fourth-order valence-electron chi connectivity index (χ4n) is 3.19. The summed E-state index contributed by atoms with van der Waals surface area (Å²) in [6.07, 6.45) is 10.9. The second kappa shape index (κ2) is 6.72. The van der Waals surface area contributed by atoms with Crippen LogP contribution in [0.1, 0.15) is 52.9 Å². The van der Waals surface area contributed by atoms with Crippen LogP contribution in [-0.4, -0.2) is 19.0 Å². The molecule has 5 atom stereocenters. The first-order chi connectivity index (χ1) is 8.76. The maximum absolute atomic E-state index is 6.28. The molecule has 1 saturated heterocycles. The van der Waals surface area contributed by atoms with Crippen LogP contribution in [-0.2, 0) is 9.47 Å². The molecule has 2 nitrogen and oxygen atoms in total. The molecule has 1 aliphatic heterocycles.